The Kier molecular flexibility index (Phi) is 8.97. The number of anilines is 1. The fourth-order valence-electron chi connectivity index (χ4n) is 4.78. The quantitative estimate of drug-likeness (QED) is 0.307. The van der Waals surface area contributed by atoms with E-state index in [-0.39, 0.29) is 25.7 Å². The van der Waals surface area contributed by atoms with Gasteiger partial charge in [-0.1, -0.05) is 11.3 Å². The molecule has 2 amide bonds. The summed E-state index contributed by atoms with van der Waals surface area (Å²) in [6.07, 6.45) is 0.627. The predicted octanol–water partition coefficient (Wildman–Crippen LogP) is 2.34. The molecule has 14 heteroatoms. The van der Waals surface area contributed by atoms with Gasteiger partial charge in [0.2, 0.25) is 12.3 Å². The van der Waals surface area contributed by atoms with Crippen LogP contribution >= 0.6 is 11.3 Å². The number of thiophene rings is 1. The van der Waals surface area contributed by atoms with Gasteiger partial charge >= 0.3 is 0 Å². The first-order valence-electron chi connectivity index (χ1n) is 13.2. The molecule has 0 bridgehead atoms. The topological polar surface area (TPSA) is 148 Å². The molecule has 3 aromatic rings. The summed E-state index contributed by atoms with van der Waals surface area (Å²) in [5.74, 6) is -1.08. The van der Waals surface area contributed by atoms with Crippen LogP contribution in [0.2, 0.25) is 0 Å². The predicted molar refractivity (Wildman–Crippen MR) is 152 cm³/mol. The number of amides is 2. The number of nitrogens with two attached hydrogens (primary N) is 1. The van der Waals surface area contributed by atoms with Crippen LogP contribution in [0.4, 0.5) is 9.39 Å². The summed E-state index contributed by atoms with van der Waals surface area (Å²) in [7, 11) is 1.47. The van der Waals surface area contributed by atoms with Crippen LogP contribution in [0.1, 0.15) is 55.3 Å². The number of hydrogen-bond acceptors (Lipinski definition) is 10. The highest BCUT2D eigenvalue weighted by molar-refractivity contribution is 7.19. The second kappa shape index (κ2) is 12.1. The van der Waals surface area contributed by atoms with Gasteiger partial charge in [-0.25, -0.2) is 4.39 Å². The van der Waals surface area contributed by atoms with Crippen molar-refractivity contribution in [3.63, 3.8) is 0 Å². The van der Waals surface area contributed by atoms with E-state index in [1.807, 2.05) is 13.8 Å². The molecule has 12 nitrogen and oxygen atoms in total. The Morgan fingerprint density at radius 3 is 2.56 bits per heavy atom. The molecule has 4 rings (SSSR count). The van der Waals surface area contributed by atoms with E-state index in [0.717, 1.165) is 4.90 Å². The Balaban J connectivity index is 1.87. The number of halogens is 1. The number of benzene rings is 1. The van der Waals surface area contributed by atoms with Crippen LogP contribution in [0.5, 0.6) is 5.75 Å². The van der Waals surface area contributed by atoms with Gasteiger partial charge in [0.05, 0.1) is 38.2 Å². The maximum Gasteiger partial charge on any atom is 0.261 e. The summed E-state index contributed by atoms with van der Waals surface area (Å²) < 4.78 is 26.0. The number of carbonyl (C=O) groups excluding carboxylic acids is 2. The van der Waals surface area contributed by atoms with Crippen molar-refractivity contribution in [3.8, 4) is 10.8 Å². The lowest BCUT2D eigenvalue weighted by atomic mass is 9.97. The fourth-order valence-corrected chi connectivity index (χ4v) is 6.02. The van der Waals surface area contributed by atoms with Crippen molar-refractivity contribution in [2.24, 2.45) is 5.73 Å². The van der Waals surface area contributed by atoms with Gasteiger partial charge in [-0.05, 0) is 52.8 Å². The number of nitrogens with one attached hydrogen (secondary N) is 1. The van der Waals surface area contributed by atoms with Gasteiger partial charge in [0, 0.05) is 23.7 Å². The Hall–Kier alpha value is -3.59. The lowest BCUT2D eigenvalue weighted by Gasteiger charge is -2.48. The van der Waals surface area contributed by atoms with Crippen molar-refractivity contribution in [2.45, 2.75) is 58.7 Å². The molecular formula is C27H36FN7O5S. The number of hydrogen-bond donors (Lipinski definition) is 3. The Labute approximate surface area is 241 Å². The third-order valence-electron chi connectivity index (χ3n) is 6.82. The van der Waals surface area contributed by atoms with Gasteiger partial charge in [0.1, 0.15) is 33.2 Å². The van der Waals surface area contributed by atoms with Gasteiger partial charge in [-0.2, -0.15) is 10.2 Å². The Morgan fingerprint density at radius 1 is 1.27 bits per heavy atom. The summed E-state index contributed by atoms with van der Waals surface area (Å²) in [4.78, 5) is 31.5. The van der Waals surface area contributed by atoms with Crippen LogP contribution in [0.25, 0.3) is 5.00 Å². The number of aliphatic hydroxyl groups excluding tert-OH is 1. The molecule has 0 fully saturated rings. The zero-order valence-corrected chi connectivity index (χ0v) is 24.7. The second-order valence-electron chi connectivity index (χ2n) is 10.4. The minimum absolute atomic E-state index is 0.0361. The van der Waals surface area contributed by atoms with E-state index in [1.54, 1.807) is 25.7 Å². The fraction of sp³-hybridized carbons (Fsp3) is 0.481. The van der Waals surface area contributed by atoms with Crippen LogP contribution in [-0.4, -0.2) is 81.6 Å². The highest BCUT2D eigenvalue weighted by atomic mass is 32.1. The molecule has 0 aliphatic carbocycles. The van der Waals surface area contributed by atoms with Crippen LogP contribution in [0.3, 0.4) is 0 Å². The van der Waals surface area contributed by atoms with Gasteiger partial charge < -0.3 is 30.5 Å². The number of carbonyl (C=O) groups is 2. The molecule has 0 saturated heterocycles. The third-order valence-corrected chi connectivity index (χ3v) is 8.12. The molecule has 0 saturated carbocycles. The summed E-state index contributed by atoms with van der Waals surface area (Å²) in [6, 6.07) is 3.88. The molecule has 41 heavy (non-hydrogen) atoms. The van der Waals surface area contributed by atoms with Gasteiger partial charge in [0.25, 0.3) is 5.91 Å². The molecule has 222 valence electrons. The van der Waals surface area contributed by atoms with Crippen LogP contribution in [-0.2, 0) is 9.53 Å². The molecule has 2 atom stereocenters. The van der Waals surface area contributed by atoms with Crippen molar-refractivity contribution in [1.82, 2.24) is 25.2 Å². The van der Waals surface area contributed by atoms with Gasteiger partial charge in [0.15, 0.2) is 0 Å². The second-order valence-corrected chi connectivity index (χ2v) is 11.4. The highest BCUT2D eigenvalue weighted by Crippen LogP contribution is 2.45. The number of ether oxygens (including phenoxy) is 2. The van der Waals surface area contributed by atoms with Crippen LogP contribution in [0, 0.1) is 12.7 Å². The molecule has 1 aliphatic rings. The lowest BCUT2D eigenvalue weighted by Crippen LogP contribution is -2.67. The molecule has 1 unspecified atom stereocenters. The minimum Gasteiger partial charge on any atom is -0.496 e. The maximum atomic E-state index is 14.4. The van der Waals surface area contributed by atoms with E-state index in [2.05, 4.69) is 15.5 Å². The summed E-state index contributed by atoms with van der Waals surface area (Å²) >= 11 is 1.21. The summed E-state index contributed by atoms with van der Waals surface area (Å²) in [5.41, 5.74) is 5.55. The number of aliphatic hydroxyl groups is 1. The van der Waals surface area contributed by atoms with Crippen molar-refractivity contribution >= 4 is 28.2 Å². The molecular weight excluding hydrogens is 553 g/mol. The van der Waals surface area contributed by atoms with Crippen LogP contribution in [0.15, 0.2) is 30.6 Å². The minimum atomic E-state index is -1.58. The summed E-state index contributed by atoms with van der Waals surface area (Å²) in [5, 5.41) is 24.1. The third kappa shape index (κ3) is 5.77. The molecule has 0 spiro atoms. The van der Waals surface area contributed by atoms with Crippen molar-refractivity contribution in [2.75, 3.05) is 31.7 Å². The molecule has 1 aromatic carbocycles. The monoisotopic (exact) mass is 589 g/mol. The summed E-state index contributed by atoms with van der Waals surface area (Å²) in [6.45, 7) is 8.83. The normalized spacial score (nSPS) is 16.2. The average Bonchev–Trinajstić information content (AvgIpc) is 3.56. The maximum absolute atomic E-state index is 14.4. The highest BCUT2D eigenvalue weighted by Gasteiger charge is 2.50. The number of nitrogens with zero attached hydrogens (tertiary/aromatic N) is 5. The molecule has 0 radical (unpaired) electrons. The largest absolute Gasteiger partial charge is 0.496 e. The number of aromatic nitrogens is 3. The van der Waals surface area contributed by atoms with Gasteiger partial charge in [-0.3, -0.25) is 14.5 Å². The molecule has 1 aliphatic heterocycles. The molecule has 2 aromatic heterocycles. The average molecular weight is 590 g/mol. The number of methoxy groups -OCH3 is 1. The zero-order chi connectivity index (χ0) is 30.1. The number of fused-ring (bicyclic) bond motifs is 1. The first kappa shape index (κ1) is 30.4. The molecule has 3 heterocycles. The first-order chi connectivity index (χ1) is 19.4. The van der Waals surface area contributed by atoms with E-state index >= 15 is 0 Å². The van der Waals surface area contributed by atoms with E-state index in [4.69, 9.17) is 15.2 Å². The van der Waals surface area contributed by atoms with Crippen LogP contribution < -0.4 is 20.7 Å². The van der Waals surface area contributed by atoms with E-state index in [0.29, 0.717) is 32.4 Å². The lowest BCUT2D eigenvalue weighted by molar-refractivity contribution is -0.137. The smallest absolute Gasteiger partial charge is 0.261 e. The zero-order valence-electron chi connectivity index (χ0n) is 23.9. The SMILES string of the molecule is COc1ccc(F)cc1[C@H](CN1c2sc(-n3nccn3)c(C)c2C(=O)N(C(C)(C)C(=O)NC(C)C)C1O)OCCN. The van der Waals surface area contributed by atoms with E-state index in [1.165, 1.54) is 53.8 Å². The standard InChI is InChI=1S/C27H36FN7O5S/c1-15(2)32-25(37)27(4,5)34-22(36)21-16(3)23(35-30-10-11-31-35)41-24(21)33(26(34)38)14-20(40-12-9-29)18-13-17(28)7-8-19(18)39-6/h7-8,10-11,13,15,20,26,38H,9,12,14,29H2,1-6H3,(H,32,37)/t20-,26?/m0/s1. The van der Waals surface area contributed by atoms with E-state index in [9.17, 15) is 19.1 Å². The van der Waals surface area contributed by atoms with Crippen molar-refractivity contribution in [3.05, 3.63) is 53.1 Å². The molecule has 4 N–H and O–H groups in total. The van der Waals surface area contributed by atoms with Crippen molar-refractivity contribution in [1.29, 1.82) is 0 Å². The Morgan fingerprint density at radius 2 is 1.95 bits per heavy atom. The van der Waals surface area contributed by atoms with E-state index < -0.39 is 35.6 Å². The van der Waals surface area contributed by atoms with Crippen molar-refractivity contribution < 1.29 is 28.6 Å². The Bertz CT molecular complexity index is 1390. The van der Waals surface area contributed by atoms with Gasteiger partial charge in [-0.15, -0.1) is 4.80 Å². The first-order valence-corrected chi connectivity index (χ1v) is 14.0. The number of rotatable bonds is 11.